The van der Waals surface area contributed by atoms with Crippen LogP contribution in [0.1, 0.15) is 37.6 Å². The van der Waals surface area contributed by atoms with Crippen molar-refractivity contribution in [2.24, 2.45) is 0 Å². The number of pyridine rings is 1. The van der Waals surface area contributed by atoms with E-state index < -0.39 is 34.8 Å². The molecular weight excluding hydrogens is 524 g/mol. The highest BCUT2D eigenvalue weighted by Crippen LogP contribution is 2.13. The van der Waals surface area contributed by atoms with Gasteiger partial charge in [-0.2, -0.15) is 0 Å². The van der Waals surface area contributed by atoms with E-state index in [4.69, 9.17) is 9.47 Å². The molecule has 0 radical (unpaired) electrons. The van der Waals surface area contributed by atoms with E-state index in [9.17, 15) is 19.2 Å². The molecule has 2 aromatic heterocycles. The molecule has 0 aliphatic carbocycles. The molecule has 0 aliphatic rings. The van der Waals surface area contributed by atoms with E-state index in [1.54, 1.807) is 26.8 Å². The standard InChI is InChI=1S/C31H30N4O6/c1-31(2,3)41-30(39)35-26(17-21-12-8-5-9-13-21)29(38)40-23-15-14-22(32-19-23)18-25-28(37)33-24(27(36)34-25)16-20-10-6-4-7-11-20/h4-16,18-19,26H,17H2,1-3H3,(H,33,37)(H,34,36)(H,35,39). The molecule has 4 aromatic rings. The molecule has 41 heavy (non-hydrogen) atoms. The Balaban J connectivity index is 1.51. The number of carbonyl (C=O) groups is 2. The summed E-state index contributed by atoms with van der Waals surface area (Å²) in [6.45, 7) is 5.17. The summed E-state index contributed by atoms with van der Waals surface area (Å²) in [6.07, 6.45) is 3.73. The summed E-state index contributed by atoms with van der Waals surface area (Å²) < 4.78 is 10.8. The van der Waals surface area contributed by atoms with Gasteiger partial charge in [0.1, 0.15) is 28.1 Å². The van der Waals surface area contributed by atoms with Crippen LogP contribution in [-0.2, 0) is 16.0 Å². The van der Waals surface area contributed by atoms with E-state index in [-0.39, 0.29) is 22.9 Å². The summed E-state index contributed by atoms with van der Waals surface area (Å²) in [6, 6.07) is 20.3. The molecule has 4 rings (SSSR count). The van der Waals surface area contributed by atoms with Gasteiger partial charge in [-0.15, -0.1) is 0 Å². The summed E-state index contributed by atoms with van der Waals surface area (Å²) in [5.74, 6) is -0.573. The van der Waals surface area contributed by atoms with Crippen LogP contribution in [0.2, 0.25) is 0 Å². The Bertz CT molecular complexity index is 1740. The Morgan fingerprint density at radius 1 is 0.878 bits per heavy atom. The van der Waals surface area contributed by atoms with Crippen LogP contribution in [0.25, 0.3) is 12.2 Å². The first-order valence-electron chi connectivity index (χ1n) is 12.9. The fraction of sp³-hybridized carbons (Fsp3) is 0.194. The molecule has 0 fully saturated rings. The Morgan fingerprint density at radius 3 is 2.07 bits per heavy atom. The van der Waals surface area contributed by atoms with Crippen molar-refractivity contribution in [2.45, 2.75) is 38.8 Å². The number of carbonyl (C=O) groups excluding carboxylic acids is 2. The van der Waals surface area contributed by atoms with E-state index in [0.717, 1.165) is 11.1 Å². The van der Waals surface area contributed by atoms with E-state index in [1.165, 1.54) is 24.4 Å². The molecule has 0 saturated carbocycles. The summed E-state index contributed by atoms with van der Waals surface area (Å²) in [4.78, 5) is 59.9. The normalized spacial score (nSPS) is 13.0. The van der Waals surface area contributed by atoms with Gasteiger partial charge in [-0.25, -0.2) is 9.59 Å². The van der Waals surface area contributed by atoms with Crippen LogP contribution in [-0.4, -0.2) is 38.7 Å². The van der Waals surface area contributed by atoms with Crippen molar-refractivity contribution in [2.75, 3.05) is 0 Å². The fourth-order valence-corrected chi connectivity index (χ4v) is 3.78. The number of H-pyrrole nitrogens is 2. The van der Waals surface area contributed by atoms with Crippen molar-refractivity contribution in [1.82, 2.24) is 20.3 Å². The summed E-state index contributed by atoms with van der Waals surface area (Å²) in [7, 11) is 0. The highest BCUT2D eigenvalue weighted by Gasteiger charge is 2.26. The molecule has 1 amide bonds. The predicted octanol–water partition coefficient (Wildman–Crippen LogP) is 2.16. The van der Waals surface area contributed by atoms with E-state index >= 15 is 0 Å². The number of esters is 1. The molecule has 0 spiro atoms. The number of amides is 1. The van der Waals surface area contributed by atoms with Crippen molar-refractivity contribution < 1.29 is 19.1 Å². The van der Waals surface area contributed by atoms with Gasteiger partial charge in [-0.1, -0.05) is 60.7 Å². The zero-order valence-corrected chi connectivity index (χ0v) is 22.8. The number of alkyl carbamates (subject to hydrolysis) is 1. The molecule has 0 saturated heterocycles. The zero-order chi connectivity index (χ0) is 29.4. The number of aromatic amines is 2. The lowest BCUT2D eigenvalue weighted by atomic mass is 10.1. The van der Waals surface area contributed by atoms with Gasteiger partial charge in [0.25, 0.3) is 11.1 Å². The first-order chi connectivity index (χ1) is 19.6. The Labute approximate surface area is 235 Å². The lowest BCUT2D eigenvalue weighted by Gasteiger charge is -2.23. The van der Waals surface area contributed by atoms with Crippen LogP contribution in [0.4, 0.5) is 4.79 Å². The molecule has 210 valence electrons. The van der Waals surface area contributed by atoms with Crippen LogP contribution >= 0.6 is 0 Å². The van der Waals surface area contributed by atoms with Crippen LogP contribution in [0, 0.1) is 0 Å². The number of nitrogens with one attached hydrogen (secondary N) is 3. The summed E-state index contributed by atoms with van der Waals surface area (Å²) >= 11 is 0. The first-order valence-corrected chi connectivity index (χ1v) is 12.9. The number of benzene rings is 2. The lowest BCUT2D eigenvalue weighted by Crippen LogP contribution is -2.46. The van der Waals surface area contributed by atoms with Gasteiger partial charge in [-0.05, 0) is 56.2 Å². The summed E-state index contributed by atoms with van der Waals surface area (Å²) in [5, 5.41) is 2.72. The second kappa shape index (κ2) is 12.7. The molecular formula is C31H30N4O6. The van der Waals surface area contributed by atoms with E-state index in [2.05, 4.69) is 20.3 Å². The highest BCUT2D eigenvalue weighted by atomic mass is 16.6. The average molecular weight is 555 g/mol. The Kier molecular flexibility index (Phi) is 8.93. The maximum absolute atomic E-state index is 13.0. The molecule has 3 N–H and O–H groups in total. The van der Waals surface area contributed by atoms with Gasteiger partial charge in [0, 0.05) is 6.42 Å². The first kappa shape index (κ1) is 28.8. The molecule has 10 nitrogen and oxygen atoms in total. The van der Waals surface area contributed by atoms with Gasteiger partial charge in [0.05, 0.1) is 11.9 Å². The molecule has 0 aliphatic heterocycles. The van der Waals surface area contributed by atoms with Crippen LogP contribution in [0.15, 0.2) is 88.6 Å². The van der Waals surface area contributed by atoms with Crippen molar-refractivity contribution in [3.8, 4) is 5.75 Å². The largest absolute Gasteiger partial charge is 0.444 e. The zero-order valence-electron chi connectivity index (χ0n) is 22.8. The van der Waals surface area contributed by atoms with E-state index in [1.807, 2.05) is 60.7 Å². The number of ether oxygens (including phenoxy) is 2. The molecule has 10 heteroatoms. The fourth-order valence-electron chi connectivity index (χ4n) is 3.78. The Morgan fingerprint density at radius 2 is 1.49 bits per heavy atom. The SMILES string of the molecule is CC(C)(C)OC(=O)NC(Cc1ccccc1)C(=O)Oc1ccc(C=c2[nH]c(=O)c(=Cc3ccccc3)[nH]c2=O)nc1. The maximum Gasteiger partial charge on any atom is 0.408 e. The minimum atomic E-state index is -1.02. The van der Waals surface area contributed by atoms with Gasteiger partial charge in [-0.3, -0.25) is 14.6 Å². The number of aromatic nitrogens is 3. The van der Waals surface area contributed by atoms with Gasteiger partial charge >= 0.3 is 12.1 Å². The van der Waals surface area contributed by atoms with Gasteiger partial charge < -0.3 is 24.8 Å². The quantitative estimate of drug-likeness (QED) is 0.297. The van der Waals surface area contributed by atoms with Crippen molar-refractivity contribution >= 4 is 24.2 Å². The monoisotopic (exact) mass is 554 g/mol. The van der Waals surface area contributed by atoms with E-state index in [0.29, 0.717) is 5.69 Å². The van der Waals surface area contributed by atoms with Crippen molar-refractivity contribution in [3.05, 3.63) is 127 Å². The minimum Gasteiger partial charge on any atom is -0.444 e. The molecule has 2 heterocycles. The minimum absolute atomic E-state index is 0.0157. The topological polar surface area (TPSA) is 143 Å². The lowest BCUT2D eigenvalue weighted by molar-refractivity contribution is -0.136. The van der Waals surface area contributed by atoms with Crippen LogP contribution in [0.5, 0.6) is 5.75 Å². The van der Waals surface area contributed by atoms with Gasteiger partial charge in [0.15, 0.2) is 0 Å². The van der Waals surface area contributed by atoms with Gasteiger partial charge in [0.2, 0.25) is 0 Å². The molecule has 2 aromatic carbocycles. The van der Waals surface area contributed by atoms with Crippen LogP contribution in [0.3, 0.4) is 0 Å². The molecule has 1 atom stereocenters. The second-order valence-corrected chi connectivity index (χ2v) is 10.2. The number of hydrogen-bond acceptors (Lipinski definition) is 7. The summed E-state index contributed by atoms with van der Waals surface area (Å²) in [5.41, 5.74) is 0.227. The molecule has 0 bridgehead atoms. The van der Waals surface area contributed by atoms with Crippen molar-refractivity contribution in [1.29, 1.82) is 0 Å². The van der Waals surface area contributed by atoms with Crippen molar-refractivity contribution in [3.63, 3.8) is 0 Å². The maximum atomic E-state index is 13.0. The second-order valence-electron chi connectivity index (χ2n) is 10.2. The average Bonchev–Trinajstić information content (AvgIpc) is 2.92. The predicted molar refractivity (Wildman–Crippen MR) is 154 cm³/mol. The smallest absolute Gasteiger partial charge is 0.408 e. The third-order valence-corrected chi connectivity index (χ3v) is 5.62. The third kappa shape index (κ3) is 8.62. The highest BCUT2D eigenvalue weighted by molar-refractivity contribution is 5.83. The number of rotatable bonds is 7. The molecule has 1 unspecified atom stereocenters. The van der Waals surface area contributed by atoms with Crippen LogP contribution < -0.4 is 31.9 Å². The number of nitrogens with zero attached hydrogens (tertiary/aromatic N) is 1. The third-order valence-electron chi connectivity index (χ3n) is 5.62. The number of hydrogen-bond donors (Lipinski definition) is 3. The Hall–Kier alpha value is -5.25.